The molecule has 3 aromatic rings. The molecule has 0 unspecified atom stereocenters. The lowest BCUT2D eigenvalue weighted by molar-refractivity contribution is 0.0683. The van der Waals surface area contributed by atoms with Crippen LogP contribution in [0.25, 0.3) is 11.0 Å². The van der Waals surface area contributed by atoms with Crippen molar-refractivity contribution in [3.63, 3.8) is 0 Å². The van der Waals surface area contributed by atoms with Crippen molar-refractivity contribution in [2.45, 2.75) is 31.2 Å². The third-order valence-electron chi connectivity index (χ3n) is 6.07. The molecule has 4 rings (SSSR count). The number of para-hydroxylation sites is 2. The standard InChI is InChI=1S/C23H28N4O3S/c1-17-24-21-6-4-5-7-22(21)27(17)16-18-12-14-26(15-13-18)23(28)19-8-10-20(11-9-19)31(29,30)25(2)3/h4-11,18H,12-16H2,1-3H3. The molecule has 1 saturated heterocycles. The van der Waals surface area contributed by atoms with Crippen LogP contribution in [0.2, 0.25) is 0 Å². The van der Waals surface area contributed by atoms with Gasteiger partial charge in [-0.1, -0.05) is 12.1 Å². The van der Waals surface area contributed by atoms with Gasteiger partial charge in [-0.3, -0.25) is 4.79 Å². The molecular formula is C23H28N4O3S. The molecule has 2 aromatic carbocycles. The molecule has 7 nitrogen and oxygen atoms in total. The fourth-order valence-corrected chi connectivity index (χ4v) is 5.07. The van der Waals surface area contributed by atoms with Crippen LogP contribution in [0, 0.1) is 12.8 Å². The molecule has 1 aliphatic heterocycles. The zero-order valence-corrected chi connectivity index (χ0v) is 19.0. The van der Waals surface area contributed by atoms with Gasteiger partial charge in [-0.2, -0.15) is 0 Å². The number of aryl methyl sites for hydroxylation is 1. The van der Waals surface area contributed by atoms with Crippen LogP contribution >= 0.6 is 0 Å². The minimum absolute atomic E-state index is 0.0449. The number of benzene rings is 2. The average molecular weight is 441 g/mol. The van der Waals surface area contributed by atoms with E-state index in [1.807, 2.05) is 30.0 Å². The minimum Gasteiger partial charge on any atom is -0.339 e. The van der Waals surface area contributed by atoms with E-state index >= 15 is 0 Å². The van der Waals surface area contributed by atoms with Gasteiger partial charge in [0.15, 0.2) is 0 Å². The highest BCUT2D eigenvalue weighted by Crippen LogP contribution is 2.24. The van der Waals surface area contributed by atoms with Gasteiger partial charge in [0.1, 0.15) is 5.82 Å². The summed E-state index contributed by atoms with van der Waals surface area (Å²) in [5.74, 6) is 1.47. The van der Waals surface area contributed by atoms with Crippen LogP contribution in [0.4, 0.5) is 0 Å². The van der Waals surface area contributed by atoms with Crippen LogP contribution in [-0.2, 0) is 16.6 Å². The number of rotatable bonds is 5. The molecule has 0 atom stereocenters. The molecule has 8 heteroatoms. The number of hydrogen-bond acceptors (Lipinski definition) is 4. The van der Waals surface area contributed by atoms with Gasteiger partial charge in [-0.05, 0) is 62.1 Å². The maximum Gasteiger partial charge on any atom is 0.253 e. The Labute approximate surface area is 183 Å². The number of fused-ring (bicyclic) bond motifs is 1. The first-order valence-corrected chi connectivity index (χ1v) is 11.9. The zero-order chi connectivity index (χ0) is 22.2. The van der Waals surface area contributed by atoms with E-state index in [0.717, 1.165) is 36.2 Å². The van der Waals surface area contributed by atoms with E-state index in [1.165, 1.54) is 30.5 Å². The quantitative estimate of drug-likeness (QED) is 0.611. The number of piperidine rings is 1. The van der Waals surface area contributed by atoms with Gasteiger partial charge in [-0.25, -0.2) is 17.7 Å². The van der Waals surface area contributed by atoms with Gasteiger partial charge in [0.2, 0.25) is 10.0 Å². The number of sulfonamides is 1. The highest BCUT2D eigenvalue weighted by Gasteiger charge is 2.25. The Hall–Kier alpha value is -2.71. The summed E-state index contributed by atoms with van der Waals surface area (Å²) < 4.78 is 27.9. The third kappa shape index (κ3) is 4.22. The second kappa shape index (κ2) is 8.43. The summed E-state index contributed by atoms with van der Waals surface area (Å²) in [5.41, 5.74) is 2.70. The Kier molecular flexibility index (Phi) is 5.85. The SMILES string of the molecule is Cc1nc2ccccc2n1CC1CCN(C(=O)c2ccc(S(=O)(=O)N(C)C)cc2)CC1. The summed E-state index contributed by atoms with van der Waals surface area (Å²) in [4.78, 5) is 19.6. The fraction of sp³-hybridized carbons (Fsp3) is 0.391. The number of hydrogen-bond donors (Lipinski definition) is 0. The van der Waals surface area contributed by atoms with Crippen molar-refractivity contribution in [2.75, 3.05) is 27.2 Å². The van der Waals surface area contributed by atoms with Crippen molar-refractivity contribution >= 4 is 27.0 Å². The monoisotopic (exact) mass is 440 g/mol. The Morgan fingerprint density at radius 3 is 2.35 bits per heavy atom. The predicted molar refractivity (Wildman–Crippen MR) is 120 cm³/mol. The van der Waals surface area contributed by atoms with Gasteiger partial charge < -0.3 is 9.47 Å². The molecule has 0 N–H and O–H groups in total. The van der Waals surface area contributed by atoms with Crippen LogP contribution in [0.15, 0.2) is 53.4 Å². The van der Waals surface area contributed by atoms with Gasteiger partial charge in [0.05, 0.1) is 15.9 Å². The van der Waals surface area contributed by atoms with E-state index in [2.05, 4.69) is 15.6 Å². The summed E-state index contributed by atoms with van der Waals surface area (Å²) in [6.07, 6.45) is 1.87. The average Bonchev–Trinajstić information content (AvgIpc) is 3.09. The van der Waals surface area contributed by atoms with Crippen molar-refractivity contribution in [3.8, 4) is 0 Å². The van der Waals surface area contributed by atoms with Gasteiger partial charge >= 0.3 is 0 Å². The number of carbonyl (C=O) groups is 1. The van der Waals surface area contributed by atoms with Gasteiger partial charge in [-0.15, -0.1) is 0 Å². The summed E-state index contributed by atoms with van der Waals surface area (Å²) in [6, 6.07) is 14.4. The number of imidazole rings is 1. The smallest absolute Gasteiger partial charge is 0.253 e. The fourth-order valence-electron chi connectivity index (χ4n) is 4.17. The second-order valence-corrected chi connectivity index (χ2v) is 10.5. The molecule has 164 valence electrons. The van der Waals surface area contributed by atoms with Gasteiger partial charge in [0, 0.05) is 39.3 Å². The maximum absolute atomic E-state index is 12.9. The van der Waals surface area contributed by atoms with Crippen molar-refractivity contribution in [3.05, 3.63) is 59.9 Å². The van der Waals surface area contributed by atoms with Crippen molar-refractivity contribution in [1.29, 1.82) is 0 Å². The lowest BCUT2D eigenvalue weighted by Gasteiger charge is -2.32. The molecule has 0 bridgehead atoms. The van der Waals surface area contributed by atoms with Crippen LogP contribution in [0.1, 0.15) is 29.0 Å². The molecule has 1 aromatic heterocycles. The summed E-state index contributed by atoms with van der Waals surface area (Å²) in [7, 11) is -0.509. The summed E-state index contributed by atoms with van der Waals surface area (Å²) in [6.45, 7) is 4.35. The molecule has 1 aliphatic rings. The maximum atomic E-state index is 12.9. The zero-order valence-electron chi connectivity index (χ0n) is 18.2. The highest BCUT2D eigenvalue weighted by atomic mass is 32.2. The van der Waals surface area contributed by atoms with E-state index in [4.69, 9.17) is 0 Å². The number of aromatic nitrogens is 2. The molecule has 0 saturated carbocycles. The Bertz CT molecular complexity index is 1190. The first-order chi connectivity index (χ1) is 14.8. The molecule has 31 heavy (non-hydrogen) atoms. The normalized spacial score (nSPS) is 15.7. The van der Waals surface area contributed by atoms with Gasteiger partial charge in [0.25, 0.3) is 5.91 Å². The Morgan fingerprint density at radius 1 is 1.06 bits per heavy atom. The van der Waals surface area contributed by atoms with Crippen LogP contribution in [-0.4, -0.2) is 60.3 Å². The molecule has 2 heterocycles. The number of amides is 1. The van der Waals surface area contributed by atoms with E-state index in [9.17, 15) is 13.2 Å². The molecule has 0 aliphatic carbocycles. The van der Waals surface area contributed by atoms with E-state index in [1.54, 1.807) is 12.1 Å². The molecule has 0 spiro atoms. The molecule has 1 fully saturated rings. The first kappa shape index (κ1) is 21.5. The van der Waals surface area contributed by atoms with Crippen LogP contribution < -0.4 is 0 Å². The third-order valence-corrected chi connectivity index (χ3v) is 7.90. The molecule has 0 radical (unpaired) electrons. The Balaban J connectivity index is 1.39. The van der Waals surface area contributed by atoms with Crippen molar-refractivity contribution < 1.29 is 13.2 Å². The van der Waals surface area contributed by atoms with E-state index in [0.29, 0.717) is 24.6 Å². The van der Waals surface area contributed by atoms with Crippen LogP contribution in [0.5, 0.6) is 0 Å². The largest absolute Gasteiger partial charge is 0.339 e. The highest BCUT2D eigenvalue weighted by molar-refractivity contribution is 7.89. The molecule has 1 amide bonds. The molecular weight excluding hydrogens is 412 g/mol. The minimum atomic E-state index is -3.49. The predicted octanol–water partition coefficient (Wildman–Crippen LogP) is 3.15. The topological polar surface area (TPSA) is 75.5 Å². The Morgan fingerprint density at radius 2 is 1.71 bits per heavy atom. The number of carbonyl (C=O) groups excluding carboxylic acids is 1. The van der Waals surface area contributed by atoms with E-state index in [-0.39, 0.29) is 10.8 Å². The summed E-state index contributed by atoms with van der Waals surface area (Å²) in [5, 5.41) is 0. The lowest BCUT2D eigenvalue weighted by Crippen LogP contribution is -2.39. The first-order valence-electron chi connectivity index (χ1n) is 10.5. The van der Waals surface area contributed by atoms with E-state index < -0.39 is 10.0 Å². The van der Waals surface area contributed by atoms with Crippen molar-refractivity contribution in [2.24, 2.45) is 5.92 Å². The number of likely N-dealkylation sites (tertiary alicyclic amines) is 1. The second-order valence-electron chi connectivity index (χ2n) is 8.31. The summed E-state index contributed by atoms with van der Waals surface area (Å²) >= 11 is 0. The lowest BCUT2D eigenvalue weighted by atomic mass is 9.96. The number of nitrogens with zero attached hydrogens (tertiary/aromatic N) is 4. The van der Waals surface area contributed by atoms with Crippen molar-refractivity contribution in [1.82, 2.24) is 18.8 Å². The van der Waals surface area contributed by atoms with Crippen LogP contribution in [0.3, 0.4) is 0 Å².